The van der Waals surface area contributed by atoms with Crippen molar-refractivity contribution in [2.24, 2.45) is 0 Å². The highest BCUT2D eigenvalue weighted by Gasteiger charge is 2.33. The molecule has 0 aliphatic heterocycles. The summed E-state index contributed by atoms with van der Waals surface area (Å²) >= 11 is 0. The molecule has 0 unspecified atom stereocenters. The minimum absolute atomic E-state index is 0.147. The molecule has 1 nitrogen and oxygen atoms in total. The first kappa shape index (κ1) is 10.9. The molecule has 0 aliphatic rings. The van der Waals surface area contributed by atoms with Crippen molar-refractivity contribution >= 4 is 10.9 Å². The summed E-state index contributed by atoms with van der Waals surface area (Å²) in [5, 5.41) is -0.210. The molecule has 0 fully saturated rings. The standard InChI is InChI=1S/C11H7F4N/c1-6-4-9(11(13,14)15)8-5-7(12)2-3-10(8)16-6/h2-5H,1H3. The summed E-state index contributed by atoms with van der Waals surface area (Å²) in [6.07, 6.45) is -4.50. The molecule has 84 valence electrons. The van der Waals surface area contributed by atoms with Crippen molar-refractivity contribution in [2.45, 2.75) is 13.1 Å². The number of hydrogen-bond acceptors (Lipinski definition) is 1. The van der Waals surface area contributed by atoms with E-state index in [0.717, 1.165) is 18.2 Å². The zero-order valence-corrected chi connectivity index (χ0v) is 8.27. The molecule has 0 radical (unpaired) electrons. The van der Waals surface area contributed by atoms with Crippen LogP contribution < -0.4 is 0 Å². The maximum Gasteiger partial charge on any atom is 0.417 e. The van der Waals surface area contributed by atoms with Gasteiger partial charge in [0.25, 0.3) is 0 Å². The molecular weight excluding hydrogens is 222 g/mol. The largest absolute Gasteiger partial charge is 0.417 e. The highest BCUT2D eigenvalue weighted by Crippen LogP contribution is 2.34. The Morgan fingerprint density at radius 1 is 1.12 bits per heavy atom. The maximum atomic E-state index is 12.9. The van der Waals surface area contributed by atoms with Crippen molar-refractivity contribution in [3.05, 3.63) is 41.3 Å². The Bertz CT molecular complexity index is 545. The number of fused-ring (bicyclic) bond motifs is 1. The molecule has 0 spiro atoms. The van der Waals surface area contributed by atoms with Crippen LogP contribution in [0.1, 0.15) is 11.3 Å². The van der Waals surface area contributed by atoms with Gasteiger partial charge in [0.1, 0.15) is 5.82 Å². The van der Waals surface area contributed by atoms with Crippen LogP contribution in [0.5, 0.6) is 0 Å². The normalized spacial score (nSPS) is 12.1. The van der Waals surface area contributed by atoms with Gasteiger partial charge in [-0.1, -0.05) is 0 Å². The fourth-order valence-electron chi connectivity index (χ4n) is 1.56. The van der Waals surface area contributed by atoms with Crippen molar-refractivity contribution in [3.8, 4) is 0 Å². The summed E-state index contributed by atoms with van der Waals surface area (Å²) in [4.78, 5) is 3.92. The van der Waals surface area contributed by atoms with E-state index in [2.05, 4.69) is 4.98 Å². The van der Waals surface area contributed by atoms with Crippen molar-refractivity contribution in [1.82, 2.24) is 4.98 Å². The minimum Gasteiger partial charge on any atom is -0.253 e. The summed E-state index contributed by atoms with van der Waals surface area (Å²) in [6.45, 7) is 1.47. The maximum absolute atomic E-state index is 12.9. The molecule has 0 aliphatic carbocycles. The number of aryl methyl sites for hydroxylation is 1. The predicted octanol–water partition coefficient (Wildman–Crippen LogP) is 3.70. The van der Waals surface area contributed by atoms with Crippen LogP contribution in [-0.4, -0.2) is 4.98 Å². The van der Waals surface area contributed by atoms with Gasteiger partial charge in [0, 0.05) is 11.1 Å². The van der Waals surface area contributed by atoms with Gasteiger partial charge < -0.3 is 0 Å². The fraction of sp³-hybridized carbons (Fsp3) is 0.182. The monoisotopic (exact) mass is 229 g/mol. The van der Waals surface area contributed by atoms with Gasteiger partial charge in [-0.15, -0.1) is 0 Å². The SMILES string of the molecule is Cc1cc(C(F)(F)F)c2cc(F)ccc2n1. The lowest BCUT2D eigenvalue weighted by Gasteiger charge is -2.11. The van der Waals surface area contributed by atoms with E-state index in [4.69, 9.17) is 0 Å². The third kappa shape index (κ3) is 1.85. The molecule has 1 aromatic heterocycles. The summed E-state index contributed by atoms with van der Waals surface area (Å²) in [6, 6.07) is 4.11. The Hall–Kier alpha value is -1.65. The van der Waals surface area contributed by atoms with E-state index < -0.39 is 17.6 Å². The first-order valence-corrected chi connectivity index (χ1v) is 4.52. The van der Waals surface area contributed by atoms with Gasteiger partial charge in [-0.25, -0.2) is 4.39 Å². The Balaban J connectivity index is 2.85. The second-order valence-electron chi connectivity index (χ2n) is 3.47. The first-order valence-electron chi connectivity index (χ1n) is 4.52. The smallest absolute Gasteiger partial charge is 0.253 e. The summed E-state index contributed by atoms with van der Waals surface area (Å²) in [5.74, 6) is -0.705. The Kier molecular flexibility index (Phi) is 2.33. The van der Waals surface area contributed by atoms with Gasteiger partial charge in [-0.05, 0) is 31.2 Å². The number of benzene rings is 1. The van der Waals surface area contributed by atoms with Gasteiger partial charge in [-0.3, -0.25) is 4.98 Å². The van der Waals surface area contributed by atoms with Crippen LogP contribution >= 0.6 is 0 Å². The van der Waals surface area contributed by atoms with Crippen LogP contribution in [0.25, 0.3) is 10.9 Å². The third-order valence-electron chi connectivity index (χ3n) is 2.20. The van der Waals surface area contributed by atoms with Crippen LogP contribution in [0.4, 0.5) is 17.6 Å². The van der Waals surface area contributed by atoms with Crippen LogP contribution in [0.3, 0.4) is 0 Å². The molecule has 0 atom stereocenters. The lowest BCUT2D eigenvalue weighted by atomic mass is 10.1. The summed E-state index contributed by atoms with van der Waals surface area (Å²) in [7, 11) is 0. The number of rotatable bonds is 0. The van der Waals surface area contributed by atoms with E-state index in [1.165, 1.54) is 13.0 Å². The van der Waals surface area contributed by atoms with Crippen LogP contribution in [0, 0.1) is 12.7 Å². The van der Waals surface area contributed by atoms with Crippen LogP contribution in [0.2, 0.25) is 0 Å². The van der Waals surface area contributed by atoms with Gasteiger partial charge in [0.2, 0.25) is 0 Å². The van der Waals surface area contributed by atoms with E-state index in [9.17, 15) is 17.6 Å². The fourth-order valence-corrected chi connectivity index (χ4v) is 1.56. The molecule has 16 heavy (non-hydrogen) atoms. The van der Waals surface area contributed by atoms with Crippen molar-refractivity contribution in [2.75, 3.05) is 0 Å². The number of halogens is 4. The van der Waals surface area contributed by atoms with E-state index >= 15 is 0 Å². The van der Waals surface area contributed by atoms with Crippen molar-refractivity contribution in [3.63, 3.8) is 0 Å². The molecule has 2 aromatic rings. The molecule has 0 N–H and O–H groups in total. The summed E-state index contributed by atoms with van der Waals surface area (Å²) < 4.78 is 50.9. The lowest BCUT2D eigenvalue weighted by molar-refractivity contribution is -0.136. The van der Waals surface area contributed by atoms with E-state index in [1.807, 2.05) is 0 Å². The van der Waals surface area contributed by atoms with E-state index in [1.54, 1.807) is 0 Å². The molecule has 1 aromatic carbocycles. The second kappa shape index (κ2) is 3.43. The highest BCUT2D eigenvalue weighted by molar-refractivity contribution is 5.83. The van der Waals surface area contributed by atoms with Gasteiger partial charge in [0.15, 0.2) is 0 Å². The molecular formula is C11H7F4N. The Labute approximate surface area is 88.7 Å². The molecule has 1 heterocycles. The summed E-state index contributed by atoms with van der Waals surface area (Å²) in [5.41, 5.74) is -0.449. The number of nitrogens with zero attached hydrogens (tertiary/aromatic N) is 1. The average molecular weight is 229 g/mol. The topological polar surface area (TPSA) is 12.9 Å². The van der Waals surface area contributed by atoms with Gasteiger partial charge >= 0.3 is 6.18 Å². The molecule has 0 saturated carbocycles. The Morgan fingerprint density at radius 3 is 2.44 bits per heavy atom. The van der Waals surface area contributed by atoms with E-state index in [-0.39, 0.29) is 16.6 Å². The van der Waals surface area contributed by atoms with Crippen LogP contribution in [-0.2, 0) is 6.18 Å². The van der Waals surface area contributed by atoms with E-state index in [0.29, 0.717) is 0 Å². The lowest BCUT2D eigenvalue weighted by Crippen LogP contribution is -2.07. The minimum atomic E-state index is -4.50. The third-order valence-corrected chi connectivity index (χ3v) is 2.20. The quantitative estimate of drug-likeness (QED) is 0.627. The van der Waals surface area contributed by atoms with Gasteiger partial charge in [0.05, 0.1) is 11.1 Å². The number of hydrogen-bond donors (Lipinski definition) is 0. The number of aromatic nitrogens is 1. The van der Waals surface area contributed by atoms with Crippen molar-refractivity contribution in [1.29, 1.82) is 0 Å². The van der Waals surface area contributed by atoms with Gasteiger partial charge in [-0.2, -0.15) is 13.2 Å². The Morgan fingerprint density at radius 2 is 1.81 bits per heavy atom. The zero-order valence-electron chi connectivity index (χ0n) is 8.27. The molecule has 5 heteroatoms. The molecule has 0 bridgehead atoms. The first-order chi connectivity index (χ1) is 7.38. The van der Waals surface area contributed by atoms with Crippen molar-refractivity contribution < 1.29 is 17.6 Å². The second-order valence-corrected chi connectivity index (χ2v) is 3.47. The predicted molar refractivity (Wildman–Crippen MR) is 51.4 cm³/mol. The number of pyridine rings is 1. The number of alkyl halides is 3. The zero-order chi connectivity index (χ0) is 11.9. The highest BCUT2D eigenvalue weighted by atomic mass is 19.4. The average Bonchev–Trinajstić information content (AvgIpc) is 2.16. The molecule has 0 saturated heterocycles. The van der Waals surface area contributed by atoms with Crippen LogP contribution in [0.15, 0.2) is 24.3 Å². The molecule has 2 rings (SSSR count). The molecule has 0 amide bonds.